The average molecular weight is 364 g/mol. The normalized spacial score (nSPS) is 9.91. The highest BCUT2D eigenvalue weighted by atomic mass is 79.9. The van der Waals surface area contributed by atoms with Crippen LogP contribution in [-0.4, -0.2) is 25.6 Å². The molecule has 0 aliphatic rings. The van der Waals surface area contributed by atoms with Gasteiger partial charge in [-0.15, -0.1) is 0 Å². The lowest BCUT2D eigenvalue weighted by Crippen LogP contribution is -2.20. The van der Waals surface area contributed by atoms with Crippen molar-refractivity contribution >= 4 is 33.5 Å². The summed E-state index contributed by atoms with van der Waals surface area (Å²) in [6, 6.07) is 13.7. The molecule has 6 heteroatoms. The molecule has 0 atom stereocenters. The van der Waals surface area contributed by atoms with Crippen molar-refractivity contribution in [3.8, 4) is 5.75 Å². The summed E-state index contributed by atoms with van der Waals surface area (Å²) in [6.45, 7) is -0.152. The molecule has 1 amide bonds. The number of ether oxygens (including phenoxy) is 2. The third kappa shape index (κ3) is 4.60. The van der Waals surface area contributed by atoms with Gasteiger partial charge < -0.3 is 14.8 Å². The number of amides is 1. The summed E-state index contributed by atoms with van der Waals surface area (Å²) in [5.74, 6) is -0.315. The third-order valence-corrected chi connectivity index (χ3v) is 3.28. The van der Waals surface area contributed by atoms with Gasteiger partial charge in [0.05, 0.1) is 12.7 Å². The van der Waals surface area contributed by atoms with E-state index in [1.165, 1.54) is 13.2 Å². The molecule has 0 fully saturated rings. The van der Waals surface area contributed by atoms with E-state index in [9.17, 15) is 9.59 Å². The third-order valence-electron chi connectivity index (χ3n) is 2.75. The van der Waals surface area contributed by atoms with E-state index >= 15 is 0 Å². The largest absolute Gasteiger partial charge is 0.484 e. The van der Waals surface area contributed by atoms with Gasteiger partial charge in [-0.1, -0.05) is 22.0 Å². The predicted molar refractivity (Wildman–Crippen MR) is 86.0 cm³/mol. The molecule has 0 radical (unpaired) electrons. The molecule has 0 aliphatic heterocycles. The van der Waals surface area contributed by atoms with Crippen molar-refractivity contribution in [1.82, 2.24) is 0 Å². The number of rotatable bonds is 5. The maximum Gasteiger partial charge on any atom is 0.337 e. The van der Waals surface area contributed by atoms with E-state index in [1.54, 1.807) is 30.3 Å². The fourth-order valence-electron chi connectivity index (χ4n) is 1.71. The maximum atomic E-state index is 11.8. The van der Waals surface area contributed by atoms with Crippen LogP contribution in [0.1, 0.15) is 10.4 Å². The Labute approximate surface area is 136 Å². The molecular weight excluding hydrogens is 350 g/mol. The Morgan fingerprint density at radius 2 is 1.86 bits per heavy atom. The molecule has 1 N–H and O–H groups in total. The Hall–Kier alpha value is -2.34. The van der Waals surface area contributed by atoms with Crippen LogP contribution in [0.3, 0.4) is 0 Å². The van der Waals surface area contributed by atoms with Crippen molar-refractivity contribution in [1.29, 1.82) is 0 Å². The number of hydrogen-bond donors (Lipinski definition) is 1. The van der Waals surface area contributed by atoms with E-state index in [4.69, 9.17) is 4.74 Å². The monoisotopic (exact) mass is 363 g/mol. The van der Waals surface area contributed by atoms with Crippen LogP contribution in [0, 0.1) is 0 Å². The number of carbonyl (C=O) groups is 2. The lowest BCUT2D eigenvalue weighted by Gasteiger charge is -2.08. The molecule has 0 heterocycles. The summed E-state index contributed by atoms with van der Waals surface area (Å²) in [4.78, 5) is 23.2. The van der Waals surface area contributed by atoms with Crippen LogP contribution in [0.15, 0.2) is 53.0 Å². The Bertz CT molecular complexity index is 670. The number of esters is 1. The molecule has 0 aliphatic carbocycles. The van der Waals surface area contributed by atoms with Crippen LogP contribution in [0.4, 0.5) is 5.69 Å². The lowest BCUT2D eigenvalue weighted by atomic mass is 10.2. The smallest absolute Gasteiger partial charge is 0.337 e. The number of halogens is 1. The first-order chi connectivity index (χ1) is 10.6. The molecular formula is C16H14BrNO4. The molecule has 5 nitrogen and oxygen atoms in total. The van der Waals surface area contributed by atoms with E-state index in [1.807, 2.05) is 12.1 Å². The minimum atomic E-state index is -0.454. The zero-order valence-corrected chi connectivity index (χ0v) is 13.4. The second kappa shape index (κ2) is 7.61. The first-order valence-corrected chi connectivity index (χ1v) is 7.24. The number of nitrogens with one attached hydrogen (secondary N) is 1. The van der Waals surface area contributed by atoms with Gasteiger partial charge in [0.1, 0.15) is 5.75 Å². The van der Waals surface area contributed by atoms with Crippen molar-refractivity contribution in [2.45, 2.75) is 0 Å². The summed E-state index contributed by atoms with van der Waals surface area (Å²) < 4.78 is 10.9. The predicted octanol–water partition coefficient (Wildman–Crippen LogP) is 3.25. The maximum absolute atomic E-state index is 11.8. The van der Waals surface area contributed by atoms with Crippen LogP contribution >= 0.6 is 15.9 Å². The molecule has 2 rings (SSSR count). The second-order valence-electron chi connectivity index (χ2n) is 4.36. The van der Waals surface area contributed by atoms with E-state index < -0.39 is 5.97 Å². The lowest BCUT2D eigenvalue weighted by molar-refractivity contribution is -0.118. The van der Waals surface area contributed by atoms with Crippen LogP contribution in [0.2, 0.25) is 0 Å². The zero-order chi connectivity index (χ0) is 15.9. The molecule has 0 unspecified atom stereocenters. The molecule has 0 saturated heterocycles. The highest BCUT2D eigenvalue weighted by molar-refractivity contribution is 9.10. The molecule has 0 spiro atoms. The van der Waals surface area contributed by atoms with Crippen LogP contribution < -0.4 is 10.1 Å². The molecule has 0 saturated carbocycles. The second-order valence-corrected chi connectivity index (χ2v) is 5.28. The van der Waals surface area contributed by atoms with Gasteiger partial charge in [-0.3, -0.25) is 4.79 Å². The Morgan fingerprint density at radius 1 is 1.14 bits per heavy atom. The van der Waals surface area contributed by atoms with Gasteiger partial charge in [0.25, 0.3) is 5.91 Å². The molecule has 2 aromatic carbocycles. The summed E-state index contributed by atoms with van der Waals surface area (Å²) >= 11 is 3.32. The standard InChI is InChI=1S/C16H14BrNO4/c1-21-16(20)11-3-2-4-14(9-11)22-10-15(19)18-13-7-5-12(17)6-8-13/h2-9H,10H2,1H3,(H,18,19). The number of benzene rings is 2. The molecule has 114 valence electrons. The minimum absolute atomic E-state index is 0.152. The fourth-order valence-corrected chi connectivity index (χ4v) is 1.97. The van der Waals surface area contributed by atoms with Gasteiger partial charge in [0, 0.05) is 10.2 Å². The van der Waals surface area contributed by atoms with Gasteiger partial charge >= 0.3 is 5.97 Å². The number of carbonyl (C=O) groups excluding carboxylic acids is 2. The summed E-state index contributed by atoms with van der Waals surface area (Å²) in [5, 5.41) is 2.71. The van der Waals surface area contributed by atoms with Gasteiger partial charge in [0.15, 0.2) is 6.61 Å². The highest BCUT2D eigenvalue weighted by Crippen LogP contribution is 2.15. The van der Waals surface area contributed by atoms with E-state index in [2.05, 4.69) is 26.0 Å². The zero-order valence-electron chi connectivity index (χ0n) is 11.8. The van der Waals surface area contributed by atoms with Crippen molar-refractivity contribution in [3.63, 3.8) is 0 Å². The summed E-state index contributed by atoms with van der Waals surface area (Å²) in [7, 11) is 1.31. The Kier molecular flexibility index (Phi) is 5.55. The highest BCUT2D eigenvalue weighted by Gasteiger charge is 2.08. The van der Waals surface area contributed by atoms with Crippen LogP contribution in [0.5, 0.6) is 5.75 Å². The van der Waals surface area contributed by atoms with E-state index in [0.717, 1.165) is 4.47 Å². The molecule has 2 aromatic rings. The number of anilines is 1. The number of hydrogen-bond acceptors (Lipinski definition) is 4. The summed E-state index contributed by atoms with van der Waals surface area (Å²) in [5.41, 5.74) is 1.05. The van der Waals surface area contributed by atoms with E-state index in [-0.39, 0.29) is 12.5 Å². The average Bonchev–Trinajstić information content (AvgIpc) is 2.54. The Morgan fingerprint density at radius 3 is 2.55 bits per heavy atom. The number of methoxy groups -OCH3 is 1. The van der Waals surface area contributed by atoms with Crippen LogP contribution in [0.25, 0.3) is 0 Å². The minimum Gasteiger partial charge on any atom is -0.484 e. The van der Waals surface area contributed by atoms with Gasteiger partial charge in [-0.25, -0.2) is 4.79 Å². The van der Waals surface area contributed by atoms with Crippen LogP contribution in [-0.2, 0) is 9.53 Å². The molecule has 0 aromatic heterocycles. The van der Waals surface area contributed by atoms with Gasteiger partial charge in [0.2, 0.25) is 0 Å². The van der Waals surface area contributed by atoms with Crippen molar-refractivity contribution < 1.29 is 19.1 Å². The van der Waals surface area contributed by atoms with Gasteiger partial charge in [-0.2, -0.15) is 0 Å². The SMILES string of the molecule is COC(=O)c1cccc(OCC(=O)Nc2ccc(Br)cc2)c1. The topological polar surface area (TPSA) is 64.6 Å². The van der Waals surface area contributed by atoms with E-state index in [0.29, 0.717) is 17.0 Å². The quantitative estimate of drug-likeness (QED) is 0.828. The molecule has 0 bridgehead atoms. The van der Waals surface area contributed by atoms with Crippen molar-refractivity contribution in [3.05, 3.63) is 58.6 Å². The van der Waals surface area contributed by atoms with Crippen molar-refractivity contribution in [2.75, 3.05) is 19.0 Å². The Balaban J connectivity index is 1.91. The fraction of sp³-hybridized carbons (Fsp3) is 0.125. The van der Waals surface area contributed by atoms with Gasteiger partial charge in [-0.05, 0) is 42.5 Å². The summed E-state index contributed by atoms with van der Waals surface area (Å²) in [6.07, 6.45) is 0. The first kappa shape index (κ1) is 16.0. The molecule has 22 heavy (non-hydrogen) atoms. The first-order valence-electron chi connectivity index (χ1n) is 6.45. The van der Waals surface area contributed by atoms with Crippen molar-refractivity contribution in [2.24, 2.45) is 0 Å².